The summed E-state index contributed by atoms with van der Waals surface area (Å²) in [5.74, 6) is -0.215. The number of aryl methyl sites for hydroxylation is 1. The molecule has 0 radical (unpaired) electrons. The Hall–Kier alpha value is -2.35. The zero-order chi connectivity index (χ0) is 17.9. The van der Waals surface area contributed by atoms with E-state index in [1.807, 2.05) is 13.8 Å². The second-order valence-electron chi connectivity index (χ2n) is 5.32. The van der Waals surface area contributed by atoms with Crippen molar-refractivity contribution in [2.45, 2.75) is 27.3 Å². The van der Waals surface area contributed by atoms with Gasteiger partial charge in [-0.2, -0.15) is 10.2 Å². The molecule has 7 nitrogen and oxygen atoms in total. The average Bonchev–Trinajstić information content (AvgIpc) is 2.80. The molecule has 0 saturated heterocycles. The van der Waals surface area contributed by atoms with Gasteiger partial charge in [-0.05, 0) is 35.8 Å². The zero-order valence-corrected chi connectivity index (χ0v) is 15.5. The van der Waals surface area contributed by atoms with Gasteiger partial charge in [-0.3, -0.25) is 4.79 Å². The van der Waals surface area contributed by atoms with Crippen LogP contribution in [0, 0.1) is 13.8 Å². The Labute approximate surface area is 148 Å². The number of nitrogens with one attached hydrogen (secondary N) is 2. The molecule has 8 heteroatoms. The minimum absolute atomic E-state index is 0.123. The van der Waals surface area contributed by atoms with E-state index in [9.17, 15) is 9.90 Å². The van der Waals surface area contributed by atoms with Crippen LogP contribution < -0.4 is 20.0 Å². The maximum absolute atomic E-state index is 12.0. The summed E-state index contributed by atoms with van der Waals surface area (Å²) in [7, 11) is 1.44. The van der Waals surface area contributed by atoms with Crippen LogP contribution in [0.25, 0.3) is 0 Å². The molecule has 2 rings (SSSR count). The Bertz CT molecular complexity index is 799. The highest BCUT2D eigenvalue weighted by atomic mass is 79.9. The third-order valence-corrected chi connectivity index (χ3v) is 4.75. The number of nitrogens with zero attached hydrogens (tertiary/aromatic N) is 2. The fourth-order valence-electron chi connectivity index (χ4n) is 2.17. The van der Waals surface area contributed by atoms with Crippen molar-refractivity contribution in [2.24, 2.45) is 5.10 Å². The van der Waals surface area contributed by atoms with E-state index in [2.05, 4.69) is 31.6 Å². The van der Waals surface area contributed by atoms with Gasteiger partial charge < -0.3 is 9.84 Å². The van der Waals surface area contributed by atoms with Crippen LogP contribution in [-0.2, 0) is 11.3 Å². The summed E-state index contributed by atoms with van der Waals surface area (Å²) in [6, 6.07) is 4.64. The SMILES string of the molecule is COc1cc(C(C)=NNC(=O)C[n+]2[nH]c(C)c(Br)c2C)ccc1[O-]. The number of rotatable bonds is 5. The van der Waals surface area contributed by atoms with E-state index >= 15 is 0 Å². The molecule has 0 saturated carbocycles. The highest BCUT2D eigenvalue weighted by Crippen LogP contribution is 2.23. The fraction of sp³-hybridized carbons (Fsp3) is 0.312. The monoisotopic (exact) mass is 394 g/mol. The van der Waals surface area contributed by atoms with E-state index in [-0.39, 0.29) is 24.0 Å². The lowest BCUT2D eigenvalue weighted by Gasteiger charge is -2.13. The normalized spacial score (nSPS) is 11.5. The molecule has 0 aliphatic rings. The van der Waals surface area contributed by atoms with Crippen LogP contribution in [-0.4, -0.2) is 23.8 Å². The third-order valence-electron chi connectivity index (χ3n) is 3.59. The maximum atomic E-state index is 12.0. The topological polar surface area (TPSA) is 93.4 Å². The highest BCUT2D eigenvalue weighted by molar-refractivity contribution is 9.10. The first-order valence-electron chi connectivity index (χ1n) is 7.26. The average molecular weight is 395 g/mol. The van der Waals surface area contributed by atoms with Crippen LogP contribution in [0.1, 0.15) is 23.9 Å². The molecule has 0 bridgehead atoms. The summed E-state index contributed by atoms with van der Waals surface area (Å²) in [6.45, 7) is 5.69. The van der Waals surface area contributed by atoms with Crippen molar-refractivity contribution in [1.82, 2.24) is 10.5 Å². The number of hydrazone groups is 1. The molecule has 2 aromatic rings. The van der Waals surface area contributed by atoms with Gasteiger partial charge in [0.15, 0.2) is 0 Å². The van der Waals surface area contributed by atoms with Crippen molar-refractivity contribution in [3.8, 4) is 11.5 Å². The molecule has 128 valence electrons. The molecule has 1 aromatic heterocycles. The lowest BCUT2D eigenvalue weighted by Crippen LogP contribution is -2.45. The zero-order valence-electron chi connectivity index (χ0n) is 13.9. The standard InChI is InChI=1S/C16H19BrN4O3/c1-9(12-5-6-13(22)14(7-12)24-4)18-19-15(23)8-21-11(3)16(17)10(2)20-21/h5-7H,8H2,1-4H3,(H2,18,19,22,23). The van der Waals surface area contributed by atoms with Crippen LogP contribution in [0.4, 0.5) is 0 Å². The Morgan fingerprint density at radius 1 is 1.46 bits per heavy atom. The quantitative estimate of drug-likeness (QED) is 0.454. The van der Waals surface area contributed by atoms with E-state index in [0.717, 1.165) is 15.9 Å². The van der Waals surface area contributed by atoms with Gasteiger partial charge in [0, 0.05) is 12.5 Å². The van der Waals surface area contributed by atoms with Gasteiger partial charge in [0.2, 0.25) is 5.69 Å². The maximum Gasteiger partial charge on any atom is 0.308 e. The van der Waals surface area contributed by atoms with Gasteiger partial charge in [0.1, 0.15) is 10.2 Å². The van der Waals surface area contributed by atoms with Crippen LogP contribution in [0.5, 0.6) is 11.5 Å². The number of benzene rings is 1. The molecule has 0 spiro atoms. The molecule has 0 fully saturated rings. The predicted octanol–water partition coefficient (Wildman–Crippen LogP) is 1.30. The summed E-state index contributed by atoms with van der Waals surface area (Å²) in [5, 5.41) is 18.7. The second kappa shape index (κ2) is 7.48. The smallest absolute Gasteiger partial charge is 0.308 e. The molecule has 1 heterocycles. The first-order valence-corrected chi connectivity index (χ1v) is 8.05. The largest absolute Gasteiger partial charge is 0.870 e. The Morgan fingerprint density at radius 2 is 2.17 bits per heavy atom. The van der Waals surface area contributed by atoms with E-state index in [0.29, 0.717) is 11.3 Å². The molecule has 1 aromatic carbocycles. The number of carbonyl (C=O) groups excluding carboxylic acids is 1. The molecule has 0 unspecified atom stereocenters. The van der Waals surface area contributed by atoms with Crippen molar-refractivity contribution in [3.05, 3.63) is 39.6 Å². The summed E-state index contributed by atoms with van der Waals surface area (Å²) >= 11 is 3.45. The van der Waals surface area contributed by atoms with Crippen molar-refractivity contribution in [2.75, 3.05) is 7.11 Å². The number of hydrogen-bond acceptors (Lipinski definition) is 4. The number of hydrogen-bond donors (Lipinski definition) is 2. The Kier molecular flexibility index (Phi) is 5.61. The molecule has 1 amide bonds. The number of halogens is 1. The lowest BCUT2D eigenvalue weighted by molar-refractivity contribution is -0.744. The second-order valence-corrected chi connectivity index (χ2v) is 6.11. The Morgan fingerprint density at radius 3 is 2.75 bits per heavy atom. The van der Waals surface area contributed by atoms with Crippen LogP contribution in [0.3, 0.4) is 0 Å². The van der Waals surface area contributed by atoms with Crippen molar-refractivity contribution >= 4 is 27.5 Å². The number of methoxy groups -OCH3 is 1. The third kappa shape index (κ3) is 3.94. The highest BCUT2D eigenvalue weighted by Gasteiger charge is 2.19. The number of ether oxygens (including phenoxy) is 1. The van der Waals surface area contributed by atoms with Gasteiger partial charge in [0.25, 0.3) is 6.54 Å². The minimum atomic E-state index is -0.261. The minimum Gasteiger partial charge on any atom is -0.870 e. The summed E-state index contributed by atoms with van der Waals surface area (Å²) in [6.07, 6.45) is 0. The van der Waals surface area contributed by atoms with Crippen LogP contribution in [0.2, 0.25) is 0 Å². The van der Waals surface area contributed by atoms with Gasteiger partial charge in [-0.1, -0.05) is 17.9 Å². The Balaban J connectivity index is 2.06. The van der Waals surface area contributed by atoms with E-state index in [4.69, 9.17) is 4.74 Å². The molecule has 0 aliphatic carbocycles. The van der Waals surface area contributed by atoms with Crippen molar-refractivity contribution < 1.29 is 19.3 Å². The summed E-state index contributed by atoms with van der Waals surface area (Å²) in [5.41, 5.74) is 5.67. The number of amides is 1. The van der Waals surface area contributed by atoms with Crippen molar-refractivity contribution in [3.63, 3.8) is 0 Å². The van der Waals surface area contributed by atoms with Gasteiger partial charge in [0.05, 0.1) is 18.5 Å². The van der Waals surface area contributed by atoms with E-state index in [1.54, 1.807) is 23.7 Å². The van der Waals surface area contributed by atoms with Crippen molar-refractivity contribution in [1.29, 1.82) is 0 Å². The molecule has 24 heavy (non-hydrogen) atoms. The lowest BCUT2D eigenvalue weighted by atomic mass is 10.1. The number of aromatic amines is 1. The number of aromatic nitrogens is 2. The van der Waals surface area contributed by atoms with E-state index < -0.39 is 0 Å². The summed E-state index contributed by atoms with van der Waals surface area (Å²) in [4.78, 5) is 12.0. The predicted molar refractivity (Wildman–Crippen MR) is 91.0 cm³/mol. The fourth-order valence-corrected chi connectivity index (χ4v) is 2.47. The van der Waals surface area contributed by atoms with Gasteiger partial charge in [-0.15, -0.1) is 4.68 Å². The number of carbonyl (C=O) groups is 1. The summed E-state index contributed by atoms with van der Waals surface area (Å²) < 4.78 is 7.68. The van der Waals surface area contributed by atoms with Gasteiger partial charge in [-0.25, -0.2) is 5.43 Å². The molecular weight excluding hydrogens is 376 g/mol. The molecule has 0 aliphatic heterocycles. The number of H-pyrrole nitrogens is 1. The molecular formula is C16H19BrN4O3. The molecule has 0 atom stereocenters. The first kappa shape index (κ1) is 18.0. The van der Waals surface area contributed by atoms with Gasteiger partial charge >= 0.3 is 5.91 Å². The van der Waals surface area contributed by atoms with Crippen LogP contribution in [0.15, 0.2) is 27.8 Å². The van der Waals surface area contributed by atoms with Crippen LogP contribution >= 0.6 is 15.9 Å². The first-order chi connectivity index (χ1) is 11.3. The molecule has 2 N–H and O–H groups in total. The van der Waals surface area contributed by atoms with E-state index in [1.165, 1.54) is 13.2 Å².